The van der Waals surface area contributed by atoms with Gasteiger partial charge in [-0.2, -0.15) is 5.10 Å². The van der Waals surface area contributed by atoms with E-state index >= 15 is 0 Å². The molecule has 0 spiro atoms. The first kappa shape index (κ1) is 20.4. The van der Waals surface area contributed by atoms with Crippen molar-refractivity contribution in [2.24, 2.45) is 5.10 Å². The lowest BCUT2D eigenvalue weighted by Gasteiger charge is -2.19. The summed E-state index contributed by atoms with van der Waals surface area (Å²) in [7, 11) is 1.60. The Balaban J connectivity index is 1.51. The molecule has 0 N–H and O–H groups in total. The quantitative estimate of drug-likeness (QED) is 0.562. The van der Waals surface area contributed by atoms with Gasteiger partial charge in [-0.1, -0.05) is 17.7 Å². The number of benzene rings is 2. The topological polar surface area (TPSA) is 81.3 Å². The van der Waals surface area contributed by atoms with Gasteiger partial charge in [-0.3, -0.25) is 4.79 Å². The molecule has 0 bridgehead atoms. The van der Waals surface area contributed by atoms with Crippen LogP contribution in [0.5, 0.6) is 5.75 Å². The van der Waals surface area contributed by atoms with Crippen LogP contribution in [0, 0.1) is 6.92 Å². The fraction of sp³-hybridized carbons (Fsp3) is 0.208. The molecule has 0 fully saturated rings. The SMILES string of the molecule is COc1ccc(C2=NN(C(=O)COC(=O)c3cccc(C)c3)[C@@H](c3ccco3)C2)cc1. The van der Waals surface area contributed by atoms with E-state index in [-0.39, 0.29) is 0 Å². The summed E-state index contributed by atoms with van der Waals surface area (Å²) >= 11 is 0. The lowest BCUT2D eigenvalue weighted by Crippen LogP contribution is -2.31. The summed E-state index contributed by atoms with van der Waals surface area (Å²) in [6.07, 6.45) is 2.04. The number of methoxy groups -OCH3 is 1. The number of furan rings is 1. The zero-order chi connectivity index (χ0) is 21.8. The number of hydrazone groups is 1. The average Bonchev–Trinajstić information content (AvgIpc) is 3.47. The molecule has 7 heteroatoms. The zero-order valence-electron chi connectivity index (χ0n) is 17.3. The third-order valence-electron chi connectivity index (χ3n) is 5.04. The molecule has 1 aromatic heterocycles. The second-order valence-corrected chi connectivity index (χ2v) is 7.19. The maximum absolute atomic E-state index is 12.9. The minimum Gasteiger partial charge on any atom is -0.497 e. The van der Waals surface area contributed by atoms with Crippen molar-refractivity contribution in [2.75, 3.05) is 13.7 Å². The number of amides is 1. The van der Waals surface area contributed by atoms with E-state index in [9.17, 15) is 9.59 Å². The van der Waals surface area contributed by atoms with E-state index in [1.165, 1.54) is 5.01 Å². The van der Waals surface area contributed by atoms with Crippen LogP contribution < -0.4 is 4.74 Å². The Bertz CT molecular complexity index is 1100. The van der Waals surface area contributed by atoms with Crippen LogP contribution in [0.25, 0.3) is 0 Å². The summed E-state index contributed by atoms with van der Waals surface area (Å²) in [6, 6.07) is 17.7. The van der Waals surface area contributed by atoms with Crippen LogP contribution in [0.15, 0.2) is 76.4 Å². The molecule has 1 aliphatic heterocycles. The standard InChI is InChI=1S/C24H22N2O5/c1-16-5-3-6-18(13-16)24(28)31-15-23(27)26-21(22-7-4-12-30-22)14-20(25-26)17-8-10-19(29-2)11-9-17/h3-13,21H,14-15H2,1-2H3/t21-/m1/s1. The van der Waals surface area contributed by atoms with E-state index in [4.69, 9.17) is 13.9 Å². The van der Waals surface area contributed by atoms with Crippen molar-refractivity contribution >= 4 is 17.6 Å². The van der Waals surface area contributed by atoms with Gasteiger partial charge in [-0.05, 0) is 61.0 Å². The maximum Gasteiger partial charge on any atom is 0.338 e. The largest absolute Gasteiger partial charge is 0.497 e. The number of ether oxygens (including phenoxy) is 2. The van der Waals surface area contributed by atoms with Gasteiger partial charge in [0.1, 0.15) is 17.6 Å². The minimum atomic E-state index is -0.551. The van der Waals surface area contributed by atoms with Gasteiger partial charge in [-0.25, -0.2) is 9.80 Å². The molecule has 1 atom stereocenters. The number of aryl methyl sites for hydroxylation is 1. The van der Waals surface area contributed by atoms with Gasteiger partial charge in [0.2, 0.25) is 0 Å². The molecule has 0 unspecified atom stereocenters. The molecule has 0 radical (unpaired) electrons. The first-order chi connectivity index (χ1) is 15.0. The van der Waals surface area contributed by atoms with E-state index in [2.05, 4.69) is 5.10 Å². The zero-order valence-corrected chi connectivity index (χ0v) is 17.3. The van der Waals surface area contributed by atoms with Crippen molar-refractivity contribution in [1.29, 1.82) is 0 Å². The van der Waals surface area contributed by atoms with Gasteiger partial charge in [0.15, 0.2) is 6.61 Å². The van der Waals surface area contributed by atoms with Crippen LogP contribution in [0.3, 0.4) is 0 Å². The summed E-state index contributed by atoms with van der Waals surface area (Å²) in [6.45, 7) is 1.47. The Morgan fingerprint density at radius 3 is 2.61 bits per heavy atom. The first-order valence-electron chi connectivity index (χ1n) is 9.86. The number of carbonyl (C=O) groups excluding carboxylic acids is 2. The van der Waals surface area contributed by atoms with E-state index in [1.54, 1.807) is 43.7 Å². The molecule has 0 saturated heterocycles. The van der Waals surface area contributed by atoms with Crippen LogP contribution in [0.4, 0.5) is 0 Å². The highest BCUT2D eigenvalue weighted by Gasteiger charge is 2.35. The average molecular weight is 418 g/mol. The van der Waals surface area contributed by atoms with Crippen LogP contribution in [0.1, 0.15) is 39.7 Å². The van der Waals surface area contributed by atoms with Gasteiger partial charge in [0, 0.05) is 6.42 Å². The molecule has 2 aromatic carbocycles. The Kier molecular flexibility index (Phi) is 5.84. The summed E-state index contributed by atoms with van der Waals surface area (Å²) < 4.78 is 16.0. The first-order valence-corrected chi connectivity index (χ1v) is 9.86. The highest BCUT2D eigenvalue weighted by molar-refractivity contribution is 6.03. The van der Waals surface area contributed by atoms with Crippen molar-refractivity contribution in [1.82, 2.24) is 5.01 Å². The van der Waals surface area contributed by atoms with Crippen molar-refractivity contribution in [3.8, 4) is 5.75 Å². The molecular formula is C24H22N2O5. The third-order valence-corrected chi connectivity index (χ3v) is 5.04. The Morgan fingerprint density at radius 2 is 1.94 bits per heavy atom. The van der Waals surface area contributed by atoms with Crippen LogP contribution in [-0.4, -0.2) is 36.3 Å². The second kappa shape index (κ2) is 8.87. The normalized spacial score (nSPS) is 15.5. The molecule has 3 aromatic rings. The van der Waals surface area contributed by atoms with Crippen molar-refractivity contribution in [3.05, 3.63) is 89.4 Å². The highest BCUT2D eigenvalue weighted by Crippen LogP contribution is 2.33. The molecule has 31 heavy (non-hydrogen) atoms. The number of hydrogen-bond acceptors (Lipinski definition) is 6. The molecule has 1 amide bonds. The Hall–Kier alpha value is -3.87. The lowest BCUT2D eigenvalue weighted by atomic mass is 10.0. The Morgan fingerprint density at radius 1 is 1.13 bits per heavy atom. The number of hydrogen-bond donors (Lipinski definition) is 0. The van der Waals surface area contributed by atoms with Crippen LogP contribution in [0.2, 0.25) is 0 Å². The molecule has 2 heterocycles. The van der Waals surface area contributed by atoms with E-state index < -0.39 is 24.5 Å². The molecule has 7 nitrogen and oxygen atoms in total. The number of esters is 1. The monoisotopic (exact) mass is 418 g/mol. The van der Waals surface area contributed by atoms with Crippen LogP contribution in [-0.2, 0) is 9.53 Å². The second-order valence-electron chi connectivity index (χ2n) is 7.19. The molecule has 1 aliphatic rings. The smallest absolute Gasteiger partial charge is 0.338 e. The summed E-state index contributed by atoms with van der Waals surface area (Å²) in [5, 5.41) is 5.86. The number of rotatable bonds is 6. The fourth-order valence-corrected chi connectivity index (χ4v) is 3.45. The summed E-state index contributed by atoms with van der Waals surface area (Å²) in [4.78, 5) is 25.2. The van der Waals surface area contributed by atoms with Crippen molar-refractivity contribution in [2.45, 2.75) is 19.4 Å². The molecule has 0 aliphatic carbocycles. The third kappa shape index (κ3) is 4.50. The summed E-state index contributed by atoms with van der Waals surface area (Å²) in [5.74, 6) is 0.377. The Labute approximate surface area is 179 Å². The van der Waals surface area contributed by atoms with Crippen LogP contribution >= 0.6 is 0 Å². The molecule has 4 rings (SSSR count). The van der Waals surface area contributed by atoms with Gasteiger partial charge in [0.05, 0.1) is 24.6 Å². The molecular weight excluding hydrogens is 396 g/mol. The predicted octanol–water partition coefficient (Wildman–Crippen LogP) is 4.13. The number of nitrogens with zero attached hydrogens (tertiary/aromatic N) is 2. The minimum absolute atomic E-state index is 0.402. The van der Waals surface area contributed by atoms with E-state index in [1.807, 2.05) is 37.3 Å². The molecule has 158 valence electrons. The van der Waals surface area contributed by atoms with E-state index in [0.29, 0.717) is 17.7 Å². The predicted molar refractivity (Wildman–Crippen MR) is 114 cm³/mol. The number of carbonyl (C=O) groups is 2. The van der Waals surface area contributed by atoms with E-state index in [0.717, 1.165) is 22.6 Å². The van der Waals surface area contributed by atoms with Crippen molar-refractivity contribution in [3.63, 3.8) is 0 Å². The van der Waals surface area contributed by atoms with Gasteiger partial charge in [0.25, 0.3) is 5.91 Å². The summed E-state index contributed by atoms with van der Waals surface area (Å²) in [5.41, 5.74) is 2.96. The van der Waals surface area contributed by atoms with Gasteiger partial charge >= 0.3 is 5.97 Å². The lowest BCUT2D eigenvalue weighted by molar-refractivity contribution is -0.136. The fourth-order valence-electron chi connectivity index (χ4n) is 3.45. The maximum atomic E-state index is 12.9. The molecule has 0 saturated carbocycles. The van der Waals surface area contributed by atoms with Gasteiger partial charge < -0.3 is 13.9 Å². The highest BCUT2D eigenvalue weighted by atomic mass is 16.5. The van der Waals surface area contributed by atoms with Crippen molar-refractivity contribution < 1.29 is 23.5 Å². The van der Waals surface area contributed by atoms with Gasteiger partial charge in [-0.15, -0.1) is 0 Å².